The molecule has 2 nitrogen and oxygen atoms in total. The fourth-order valence-electron chi connectivity index (χ4n) is 1.90. The van der Waals surface area contributed by atoms with Crippen LogP contribution in [0.15, 0.2) is 18.2 Å². The Hall–Kier alpha value is -1.15. The van der Waals surface area contributed by atoms with Gasteiger partial charge in [0.15, 0.2) is 5.78 Å². The Bertz CT molecular complexity index is 447. The van der Waals surface area contributed by atoms with Crippen LogP contribution < -0.4 is 5.73 Å². The van der Waals surface area contributed by atoms with E-state index in [0.29, 0.717) is 6.42 Å². The van der Waals surface area contributed by atoms with Gasteiger partial charge in [-0.05, 0) is 43.4 Å². The van der Waals surface area contributed by atoms with Crippen LogP contribution in [0.3, 0.4) is 0 Å². The lowest BCUT2D eigenvalue weighted by Crippen LogP contribution is -2.34. The zero-order chi connectivity index (χ0) is 14.1. The van der Waals surface area contributed by atoms with Crippen LogP contribution in [0.1, 0.15) is 62.5 Å². The van der Waals surface area contributed by atoms with E-state index >= 15 is 0 Å². The standard InChI is InChI=1S/C16H25NO/c1-11-7-8-12(15(2,3)4)9-13(11)14(18)10-16(5,6)17/h7-9H,10,17H2,1-6H3. The summed E-state index contributed by atoms with van der Waals surface area (Å²) in [5.74, 6) is 0.131. The van der Waals surface area contributed by atoms with Gasteiger partial charge in [0.2, 0.25) is 0 Å². The molecule has 0 aromatic heterocycles. The third-order valence-corrected chi connectivity index (χ3v) is 3.02. The van der Waals surface area contributed by atoms with Gasteiger partial charge < -0.3 is 5.73 Å². The molecule has 0 aliphatic heterocycles. The van der Waals surface area contributed by atoms with Gasteiger partial charge in [-0.3, -0.25) is 4.79 Å². The summed E-state index contributed by atoms with van der Waals surface area (Å²) in [7, 11) is 0. The molecule has 0 heterocycles. The van der Waals surface area contributed by atoms with Crippen molar-refractivity contribution in [3.63, 3.8) is 0 Å². The quantitative estimate of drug-likeness (QED) is 0.829. The van der Waals surface area contributed by atoms with Crippen LogP contribution in [0.5, 0.6) is 0 Å². The molecule has 0 fully saturated rings. The molecular formula is C16H25NO. The fourth-order valence-corrected chi connectivity index (χ4v) is 1.90. The molecule has 100 valence electrons. The molecule has 0 saturated carbocycles. The van der Waals surface area contributed by atoms with E-state index in [1.807, 2.05) is 32.9 Å². The fraction of sp³-hybridized carbons (Fsp3) is 0.562. The average Bonchev–Trinajstić information content (AvgIpc) is 2.13. The molecule has 0 amide bonds. The van der Waals surface area contributed by atoms with Crippen LogP contribution in [-0.2, 0) is 5.41 Å². The van der Waals surface area contributed by atoms with Crippen molar-refractivity contribution in [2.75, 3.05) is 0 Å². The molecule has 0 spiro atoms. The Morgan fingerprint density at radius 2 is 1.72 bits per heavy atom. The molecule has 0 aliphatic carbocycles. The highest BCUT2D eigenvalue weighted by molar-refractivity contribution is 5.98. The lowest BCUT2D eigenvalue weighted by Gasteiger charge is -2.22. The minimum atomic E-state index is -0.457. The number of nitrogens with two attached hydrogens (primary N) is 1. The van der Waals surface area contributed by atoms with Crippen LogP contribution in [0.4, 0.5) is 0 Å². The van der Waals surface area contributed by atoms with Gasteiger partial charge in [-0.2, -0.15) is 0 Å². The van der Waals surface area contributed by atoms with E-state index in [9.17, 15) is 4.79 Å². The molecule has 1 aromatic rings. The van der Waals surface area contributed by atoms with Crippen molar-refractivity contribution < 1.29 is 4.79 Å². The van der Waals surface area contributed by atoms with Gasteiger partial charge >= 0.3 is 0 Å². The summed E-state index contributed by atoms with van der Waals surface area (Å²) in [5.41, 5.74) is 8.54. The highest BCUT2D eigenvalue weighted by atomic mass is 16.1. The zero-order valence-electron chi connectivity index (χ0n) is 12.4. The van der Waals surface area contributed by atoms with Crippen LogP contribution in [-0.4, -0.2) is 11.3 Å². The summed E-state index contributed by atoms with van der Waals surface area (Å²) < 4.78 is 0. The predicted octanol–water partition coefficient (Wildman–Crippen LogP) is 3.60. The zero-order valence-corrected chi connectivity index (χ0v) is 12.4. The van der Waals surface area contributed by atoms with E-state index in [1.54, 1.807) is 0 Å². The number of rotatable bonds is 3. The molecule has 0 bridgehead atoms. The third-order valence-electron chi connectivity index (χ3n) is 3.02. The second kappa shape index (κ2) is 4.85. The predicted molar refractivity (Wildman–Crippen MR) is 77.1 cm³/mol. The van der Waals surface area contributed by atoms with Gasteiger partial charge in [0.05, 0.1) is 0 Å². The second-order valence-electron chi connectivity index (χ2n) is 6.87. The summed E-state index contributed by atoms with van der Waals surface area (Å²) in [6.07, 6.45) is 0.376. The summed E-state index contributed by atoms with van der Waals surface area (Å²) >= 11 is 0. The summed E-state index contributed by atoms with van der Waals surface area (Å²) in [6.45, 7) is 12.2. The first-order chi connectivity index (χ1) is 8.00. The third kappa shape index (κ3) is 3.95. The van der Waals surface area contributed by atoms with Gasteiger partial charge in [0.1, 0.15) is 0 Å². The Morgan fingerprint density at radius 3 is 2.17 bits per heavy atom. The number of benzene rings is 1. The molecule has 1 aromatic carbocycles. The van der Waals surface area contributed by atoms with Crippen molar-refractivity contribution in [2.45, 2.75) is 58.9 Å². The maximum Gasteiger partial charge on any atom is 0.164 e. The molecule has 0 saturated heterocycles. The lowest BCUT2D eigenvalue weighted by atomic mass is 9.83. The van der Waals surface area contributed by atoms with Gasteiger partial charge in [-0.15, -0.1) is 0 Å². The molecule has 0 radical (unpaired) electrons. The monoisotopic (exact) mass is 247 g/mol. The molecule has 0 atom stereocenters. The van der Waals surface area contributed by atoms with Gasteiger partial charge in [0, 0.05) is 17.5 Å². The van der Waals surface area contributed by atoms with Crippen molar-refractivity contribution in [1.29, 1.82) is 0 Å². The Balaban J connectivity index is 3.13. The van der Waals surface area contributed by atoms with E-state index in [-0.39, 0.29) is 11.2 Å². The minimum Gasteiger partial charge on any atom is -0.325 e. The Morgan fingerprint density at radius 1 is 1.17 bits per heavy atom. The van der Waals surface area contributed by atoms with Crippen LogP contribution >= 0.6 is 0 Å². The smallest absolute Gasteiger partial charge is 0.164 e. The Kier molecular flexibility index (Phi) is 4.02. The van der Waals surface area contributed by atoms with Gasteiger partial charge in [-0.25, -0.2) is 0 Å². The van der Waals surface area contributed by atoms with E-state index in [0.717, 1.165) is 11.1 Å². The number of Topliss-reactive ketones (excluding diaryl/α,β-unsaturated/α-hetero) is 1. The highest BCUT2D eigenvalue weighted by Gasteiger charge is 2.21. The first-order valence-electron chi connectivity index (χ1n) is 6.44. The SMILES string of the molecule is Cc1ccc(C(C)(C)C)cc1C(=O)CC(C)(C)N. The molecule has 1 rings (SSSR count). The van der Waals surface area contributed by atoms with Crippen LogP contribution in [0.2, 0.25) is 0 Å². The maximum atomic E-state index is 12.3. The van der Waals surface area contributed by atoms with E-state index in [2.05, 4.69) is 26.8 Å². The number of hydrogen-bond donors (Lipinski definition) is 1. The number of ketones is 1. The van der Waals surface area contributed by atoms with Gasteiger partial charge in [-0.1, -0.05) is 32.9 Å². The topological polar surface area (TPSA) is 43.1 Å². The second-order valence-corrected chi connectivity index (χ2v) is 6.87. The maximum absolute atomic E-state index is 12.3. The van der Waals surface area contributed by atoms with Crippen molar-refractivity contribution in [1.82, 2.24) is 0 Å². The first kappa shape index (κ1) is 14.9. The lowest BCUT2D eigenvalue weighted by molar-refractivity contribution is 0.0959. The first-order valence-corrected chi connectivity index (χ1v) is 6.44. The number of carbonyl (C=O) groups excluding carboxylic acids is 1. The van der Waals surface area contributed by atoms with Crippen molar-refractivity contribution in [3.05, 3.63) is 34.9 Å². The van der Waals surface area contributed by atoms with Gasteiger partial charge in [0.25, 0.3) is 0 Å². The van der Waals surface area contributed by atoms with Crippen LogP contribution in [0, 0.1) is 6.92 Å². The Labute approximate surface area is 111 Å². The molecule has 0 aliphatic rings. The average molecular weight is 247 g/mol. The summed E-state index contributed by atoms with van der Waals surface area (Å²) in [6, 6.07) is 6.14. The molecular weight excluding hydrogens is 222 g/mol. The highest BCUT2D eigenvalue weighted by Crippen LogP contribution is 2.25. The minimum absolute atomic E-state index is 0.0565. The molecule has 0 unspecified atom stereocenters. The number of hydrogen-bond acceptors (Lipinski definition) is 2. The van der Waals surface area contributed by atoms with Crippen molar-refractivity contribution in [3.8, 4) is 0 Å². The number of aryl methyl sites for hydroxylation is 1. The summed E-state index contributed by atoms with van der Waals surface area (Å²) in [4.78, 5) is 12.3. The number of carbonyl (C=O) groups is 1. The van der Waals surface area contributed by atoms with Crippen LogP contribution in [0.25, 0.3) is 0 Å². The molecule has 18 heavy (non-hydrogen) atoms. The van der Waals surface area contributed by atoms with E-state index < -0.39 is 5.54 Å². The van der Waals surface area contributed by atoms with Crippen molar-refractivity contribution in [2.24, 2.45) is 5.73 Å². The molecule has 2 N–H and O–H groups in total. The van der Waals surface area contributed by atoms with E-state index in [4.69, 9.17) is 5.73 Å². The molecule has 2 heteroatoms. The van der Waals surface area contributed by atoms with Crippen molar-refractivity contribution >= 4 is 5.78 Å². The largest absolute Gasteiger partial charge is 0.325 e. The van der Waals surface area contributed by atoms with E-state index in [1.165, 1.54) is 5.56 Å². The summed E-state index contributed by atoms with van der Waals surface area (Å²) in [5, 5.41) is 0. The normalized spacial score (nSPS) is 12.6.